The van der Waals surface area contributed by atoms with Gasteiger partial charge in [0.15, 0.2) is 0 Å². The lowest BCUT2D eigenvalue weighted by molar-refractivity contribution is -0.0647. The molecule has 2 fully saturated rings. The Hall–Kier alpha value is -1.83. The SMILES string of the molecule is CN1CCO[C@@H]2Cc3c(O)cccc3C[C@H]21.COc1cccc2c1C[C@H]1OCCN(C)[C@@H]1C2.Cl. The molecule has 2 heterocycles. The van der Waals surface area contributed by atoms with Crippen molar-refractivity contribution in [3.8, 4) is 11.5 Å². The van der Waals surface area contributed by atoms with E-state index in [0.29, 0.717) is 23.9 Å². The molecule has 0 bridgehead atoms. The molecule has 2 aliphatic heterocycles. The zero-order valence-corrected chi connectivity index (χ0v) is 21.2. The first kappa shape index (κ1) is 25.3. The van der Waals surface area contributed by atoms with E-state index in [1.54, 1.807) is 13.2 Å². The summed E-state index contributed by atoms with van der Waals surface area (Å²) in [6.45, 7) is 3.71. The maximum atomic E-state index is 9.84. The normalized spacial score (nSPS) is 28.1. The highest BCUT2D eigenvalue weighted by Crippen LogP contribution is 2.34. The van der Waals surface area contributed by atoms with Crippen molar-refractivity contribution < 1.29 is 19.3 Å². The van der Waals surface area contributed by atoms with Crippen LogP contribution in [0.4, 0.5) is 0 Å². The van der Waals surface area contributed by atoms with Crippen LogP contribution in [-0.4, -0.2) is 86.7 Å². The number of ether oxygens (including phenoxy) is 3. The average molecular weight is 489 g/mol. The van der Waals surface area contributed by atoms with Crippen molar-refractivity contribution >= 4 is 12.4 Å². The van der Waals surface area contributed by atoms with Gasteiger partial charge in [0.2, 0.25) is 0 Å². The van der Waals surface area contributed by atoms with E-state index in [1.807, 2.05) is 12.1 Å². The van der Waals surface area contributed by atoms with Crippen LogP contribution in [0, 0.1) is 0 Å². The predicted molar refractivity (Wildman–Crippen MR) is 135 cm³/mol. The Kier molecular flexibility index (Phi) is 8.05. The van der Waals surface area contributed by atoms with Gasteiger partial charge in [-0.1, -0.05) is 24.3 Å². The lowest BCUT2D eigenvalue weighted by atomic mass is 9.84. The summed E-state index contributed by atoms with van der Waals surface area (Å²) in [6.07, 6.45) is 4.47. The molecule has 7 heteroatoms. The van der Waals surface area contributed by atoms with Crippen molar-refractivity contribution in [2.24, 2.45) is 0 Å². The third kappa shape index (κ3) is 4.93. The van der Waals surface area contributed by atoms with Crippen LogP contribution in [0.25, 0.3) is 0 Å². The van der Waals surface area contributed by atoms with Crippen LogP contribution in [0.3, 0.4) is 0 Å². The number of hydrogen-bond donors (Lipinski definition) is 1. The number of nitrogens with zero attached hydrogens (tertiary/aromatic N) is 2. The summed E-state index contributed by atoms with van der Waals surface area (Å²) in [4.78, 5) is 4.80. The first-order chi connectivity index (χ1) is 16.0. The van der Waals surface area contributed by atoms with Crippen LogP contribution in [-0.2, 0) is 35.2 Å². The Morgan fingerprint density at radius 1 is 0.794 bits per heavy atom. The predicted octanol–water partition coefficient (Wildman–Crippen LogP) is 3.10. The largest absolute Gasteiger partial charge is 0.508 e. The highest BCUT2D eigenvalue weighted by molar-refractivity contribution is 5.85. The van der Waals surface area contributed by atoms with Crippen molar-refractivity contribution in [3.05, 3.63) is 58.7 Å². The summed E-state index contributed by atoms with van der Waals surface area (Å²) in [5.74, 6) is 1.44. The topological polar surface area (TPSA) is 54.4 Å². The fourth-order valence-corrected chi connectivity index (χ4v) is 5.91. The molecule has 6 nitrogen and oxygen atoms in total. The van der Waals surface area contributed by atoms with Gasteiger partial charge < -0.3 is 19.3 Å². The van der Waals surface area contributed by atoms with Crippen LogP contribution in [0.2, 0.25) is 0 Å². The monoisotopic (exact) mass is 488 g/mol. The zero-order valence-electron chi connectivity index (χ0n) is 20.4. The molecule has 4 aliphatic rings. The van der Waals surface area contributed by atoms with Crippen LogP contribution >= 0.6 is 12.4 Å². The lowest BCUT2D eigenvalue weighted by Crippen LogP contribution is -2.53. The van der Waals surface area contributed by atoms with E-state index >= 15 is 0 Å². The Labute approximate surface area is 209 Å². The molecule has 4 atom stereocenters. The second-order valence-electron chi connectivity index (χ2n) is 9.74. The van der Waals surface area contributed by atoms with E-state index in [4.69, 9.17) is 14.2 Å². The maximum Gasteiger partial charge on any atom is 0.122 e. The van der Waals surface area contributed by atoms with Crippen LogP contribution in [0.1, 0.15) is 22.3 Å². The van der Waals surface area contributed by atoms with Gasteiger partial charge in [-0.15, -0.1) is 12.4 Å². The summed E-state index contributed by atoms with van der Waals surface area (Å²) in [7, 11) is 6.11. The van der Waals surface area contributed by atoms with Gasteiger partial charge in [0, 0.05) is 38.0 Å². The number of halogens is 1. The summed E-state index contributed by atoms with van der Waals surface area (Å²) >= 11 is 0. The van der Waals surface area contributed by atoms with Gasteiger partial charge in [-0.25, -0.2) is 0 Å². The summed E-state index contributed by atoms with van der Waals surface area (Å²) in [5, 5.41) is 9.84. The van der Waals surface area contributed by atoms with Gasteiger partial charge in [-0.2, -0.15) is 0 Å². The third-order valence-corrected chi connectivity index (χ3v) is 7.91. The molecule has 2 saturated heterocycles. The van der Waals surface area contributed by atoms with Gasteiger partial charge in [0.1, 0.15) is 11.5 Å². The molecule has 0 spiro atoms. The second-order valence-corrected chi connectivity index (χ2v) is 9.74. The van der Waals surface area contributed by atoms with Gasteiger partial charge in [-0.3, -0.25) is 9.80 Å². The molecular weight excluding hydrogens is 452 g/mol. The molecule has 6 rings (SSSR count). The van der Waals surface area contributed by atoms with Gasteiger partial charge in [0.05, 0.1) is 32.5 Å². The summed E-state index contributed by atoms with van der Waals surface area (Å²) < 4.78 is 17.2. The molecular formula is C27H37ClN2O4. The number of hydrogen-bond acceptors (Lipinski definition) is 6. The van der Waals surface area contributed by atoms with Crippen molar-refractivity contribution in [1.82, 2.24) is 9.80 Å². The number of likely N-dealkylation sites (N-methyl/N-ethyl adjacent to an activating group) is 2. The minimum absolute atomic E-state index is 0. The van der Waals surface area contributed by atoms with Crippen LogP contribution in [0.15, 0.2) is 36.4 Å². The average Bonchev–Trinajstić information content (AvgIpc) is 2.83. The lowest BCUT2D eigenvalue weighted by Gasteiger charge is -2.42. The molecule has 2 aromatic carbocycles. The standard InChI is InChI=1S/C14H19NO2.C13H17NO2.ClH/c1-15-6-7-17-14-9-11-10(8-12(14)15)4-3-5-13(11)16-2;1-14-5-6-16-13-8-10-9(7-11(13)14)3-2-4-12(10)15;/h3-5,12,14H,6-9H2,1-2H3;2-4,11,13,15H,5-8H2,1H3;1H/t12-,14-;11-,13-;/m11./s1. The van der Waals surface area contributed by atoms with Gasteiger partial charge >= 0.3 is 0 Å². The Morgan fingerprint density at radius 2 is 1.32 bits per heavy atom. The highest BCUT2D eigenvalue weighted by atomic mass is 35.5. The summed E-state index contributed by atoms with van der Waals surface area (Å²) in [6, 6.07) is 13.2. The Bertz CT molecular complexity index is 987. The quantitative estimate of drug-likeness (QED) is 0.665. The van der Waals surface area contributed by atoms with E-state index in [-0.39, 0.29) is 18.5 Å². The molecule has 0 aromatic heterocycles. The van der Waals surface area contributed by atoms with E-state index in [9.17, 15) is 5.11 Å². The fraction of sp³-hybridized carbons (Fsp3) is 0.556. The van der Waals surface area contributed by atoms with Gasteiger partial charge in [-0.05, 0) is 61.3 Å². The van der Waals surface area contributed by atoms with E-state index in [0.717, 1.165) is 63.3 Å². The van der Waals surface area contributed by atoms with Crippen LogP contribution < -0.4 is 4.74 Å². The number of fused-ring (bicyclic) bond motifs is 4. The molecule has 0 saturated carbocycles. The zero-order chi connectivity index (χ0) is 22.9. The maximum absolute atomic E-state index is 9.84. The van der Waals surface area contributed by atoms with E-state index < -0.39 is 0 Å². The fourth-order valence-electron chi connectivity index (χ4n) is 5.91. The smallest absolute Gasteiger partial charge is 0.122 e. The first-order valence-corrected chi connectivity index (χ1v) is 12.1. The molecule has 1 N–H and O–H groups in total. The minimum Gasteiger partial charge on any atom is -0.508 e. The number of methoxy groups -OCH3 is 1. The van der Waals surface area contributed by atoms with Crippen molar-refractivity contribution in [2.75, 3.05) is 47.5 Å². The van der Waals surface area contributed by atoms with Crippen LogP contribution in [0.5, 0.6) is 11.5 Å². The molecule has 2 aromatic rings. The molecule has 2 aliphatic carbocycles. The first-order valence-electron chi connectivity index (χ1n) is 12.1. The number of aromatic hydroxyl groups is 1. The third-order valence-electron chi connectivity index (χ3n) is 7.91. The molecule has 0 radical (unpaired) electrons. The highest BCUT2D eigenvalue weighted by Gasteiger charge is 2.36. The number of phenolic OH excluding ortho intramolecular Hbond substituents is 1. The Morgan fingerprint density at radius 3 is 1.91 bits per heavy atom. The van der Waals surface area contributed by atoms with Crippen molar-refractivity contribution in [2.45, 2.75) is 50.0 Å². The number of rotatable bonds is 1. The molecule has 0 amide bonds. The minimum atomic E-state index is 0. The van der Waals surface area contributed by atoms with Crippen molar-refractivity contribution in [3.63, 3.8) is 0 Å². The molecule has 0 unspecified atom stereocenters. The van der Waals surface area contributed by atoms with E-state index in [1.165, 1.54) is 16.7 Å². The van der Waals surface area contributed by atoms with Crippen molar-refractivity contribution in [1.29, 1.82) is 0 Å². The van der Waals surface area contributed by atoms with E-state index in [2.05, 4.69) is 42.1 Å². The van der Waals surface area contributed by atoms with Gasteiger partial charge in [0.25, 0.3) is 0 Å². The Balaban J connectivity index is 0.000000157. The second kappa shape index (κ2) is 10.8. The number of phenols is 1. The molecule has 34 heavy (non-hydrogen) atoms. The number of morpholine rings is 2. The molecule has 186 valence electrons. The summed E-state index contributed by atoms with van der Waals surface area (Å²) in [5.41, 5.74) is 5.12. The number of benzene rings is 2.